The zero-order chi connectivity index (χ0) is 14.0. The molecule has 1 amide bonds. The van der Waals surface area contributed by atoms with Gasteiger partial charge < -0.3 is 15.3 Å². The summed E-state index contributed by atoms with van der Waals surface area (Å²) in [5.41, 5.74) is 0.0371. The van der Waals surface area contributed by atoms with Crippen molar-refractivity contribution in [3.63, 3.8) is 0 Å². The van der Waals surface area contributed by atoms with Gasteiger partial charge in [-0.25, -0.2) is 4.39 Å². The van der Waals surface area contributed by atoms with E-state index < -0.39 is 5.82 Å². The van der Waals surface area contributed by atoms with Crippen molar-refractivity contribution in [1.82, 2.24) is 10.2 Å². The molecule has 0 bridgehead atoms. The maximum absolute atomic E-state index is 13.2. The van der Waals surface area contributed by atoms with E-state index in [4.69, 9.17) is 0 Å². The van der Waals surface area contributed by atoms with Crippen LogP contribution in [-0.2, 0) is 0 Å². The van der Waals surface area contributed by atoms with Crippen molar-refractivity contribution in [3.05, 3.63) is 29.6 Å². The number of nitrogens with one attached hydrogen (secondary N) is 1. The molecule has 0 saturated carbocycles. The minimum absolute atomic E-state index is 0.0371. The Morgan fingerprint density at radius 3 is 2.89 bits per heavy atom. The van der Waals surface area contributed by atoms with Crippen LogP contribution in [0.3, 0.4) is 0 Å². The number of amides is 1. The minimum Gasteiger partial charge on any atom is -0.507 e. The van der Waals surface area contributed by atoms with Gasteiger partial charge in [0.1, 0.15) is 11.6 Å². The van der Waals surface area contributed by atoms with Crippen molar-refractivity contribution < 1.29 is 14.3 Å². The van der Waals surface area contributed by atoms with Gasteiger partial charge in [0.15, 0.2) is 0 Å². The van der Waals surface area contributed by atoms with Crippen LogP contribution in [0.1, 0.15) is 23.7 Å². The number of aromatic hydroxyl groups is 1. The highest BCUT2D eigenvalue weighted by molar-refractivity contribution is 5.96. The summed E-state index contributed by atoms with van der Waals surface area (Å²) in [4.78, 5) is 14.0. The van der Waals surface area contributed by atoms with Gasteiger partial charge in [0.2, 0.25) is 0 Å². The van der Waals surface area contributed by atoms with Gasteiger partial charge in [-0.2, -0.15) is 0 Å². The van der Waals surface area contributed by atoms with E-state index in [0.29, 0.717) is 25.0 Å². The van der Waals surface area contributed by atoms with Gasteiger partial charge in [0.05, 0.1) is 5.56 Å². The first-order valence-corrected chi connectivity index (χ1v) is 6.48. The molecule has 0 radical (unpaired) electrons. The lowest BCUT2D eigenvalue weighted by molar-refractivity contribution is 0.0646. The number of benzene rings is 1. The van der Waals surface area contributed by atoms with Gasteiger partial charge in [0, 0.05) is 19.1 Å². The molecule has 2 rings (SSSR count). The summed E-state index contributed by atoms with van der Waals surface area (Å²) in [5.74, 6) is -0.661. The maximum Gasteiger partial charge on any atom is 0.257 e. The molecule has 1 heterocycles. The first-order chi connectivity index (χ1) is 9.02. The van der Waals surface area contributed by atoms with Gasteiger partial charge in [-0.15, -0.1) is 0 Å². The van der Waals surface area contributed by atoms with Crippen molar-refractivity contribution >= 4 is 5.91 Å². The van der Waals surface area contributed by atoms with Crippen molar-refractivity contribution in [2.75, 3.05) is 20.1 Å². The number of carbonyl (C=O) groups is 1. The first kappa shape index (κ1) is 13.8. The number of carbonyl (C=O) groups excluding carboxylic acids is 1. The van der Waals surface area contributed by atoms with Crippen LogP contribution in [0.4, 0.5) is 4.39 Å². The quantitative estimate of drug-likeness (QED) is 0.855. The molecule has 2 N–H and O–H groups in total. The second-order valence-corrected chi connectivity index (χ2v) is 5.07. The first-order valence-electron chi connectivity index (χ1n) is 6.48. The smallest absolute Gasteiger partial charge is 0.257 e. The second kappa shape index (κ2) is 5.57. The minimum atomic E-state index is -0.515. The Kier molecular flexibility index (Phi) is 4.04. The largest absolute Gasteiger partial charge is 0.507 e. The molecule has 2 atom stereocenters. The van der Waals surface area contributed by atoms with E-state index >= 15 is 0 Å². The fourth-order valence-electron chi connectivity index (χ4n) is 2.61. The molecule has 5 heteroatoms. The summed E-state index contributed by atoms with van der Waals surface area (Å²) in [7, 11) is 1.91. The average molecular weight is 266 g/mol. The summed E-state index contributed by atoms with van der Waals surface area (Å²) in [6.45, 7) is 3.30. The lowest BCUT2D eigenvalue weighted by Crippen LogP contribution is -2.49. The van der Waals surface area contributed by atoms with E-state index in [1.165, 1.54) is 6.07 Å². The SMILES string of the molecule is CNC1CCN(C(=O)c2cc(F)ccc2O)CC1C. The van der Waals surface area contributed by atoms with E-state index in [-0.39, 0.29) is 17.2 Å². The van der Waals surface area contributed by atoms with Crippen LogP contribution >= 0.6 is 0 Å². The van der Waals surface area contributed by atoms with Crippen LogP contribution in [0.15, 0.2) is 18.2 Å². The summed E-state index contributed by atoms with van der Waals surface area (Å²) in [5, 5.41) is 12.9. The molecule has 4 nitrogen and oxygen atoms in total. The highest BCUT2D eigenvalue weighted by Crippen LogP contribution is 2.23. The normalized spacial score (nSPS) is 23.4. The standard InChI is InChI=1S/C14H19FN2O2/c1-9-8-17(6-5-12(9)16-2)14(19)11-7-10(15)3-4-13(11)18/h3-4,7,9,12,16,18H,5-6,8H2,1-2H3. The molecule has 1 aliphatic heterocycles. The number of nitrogens with zero attached hydrogens (tertiary/aromatic N) is 1. The number of likely N-dealkylation sites (tertiary alicyclic amines) is 1. The van der Waals surface area contributed by atoms with Gasteiger partial charge >= 0.3 is 0 Å². The topological polar surface area (TPSA) is 52.6 Å². The zero-order valence-corrected chi connectivity index (χ0v) is 11.2. The van der Waals surface area contributed by atoms with Gasteiger partial charge in [0.25, 0.3) is 5.91 Å². The highest BCUT2D eigenvalue weighted by Gasteiger charge is 2.29. The molecule has 0 aliphatic carbocycles. The molecule has 1 saturated heterocycles. The van der Waals surface area contributed by atoms with Crippen LogP contribution in [0.25, 0.3) is 0 Å². The van der Waals surface area contributed by atoms with E-state index in [1.807, 2.05) is 7.05 Å². The monoisotopic (exact) mass is 266 g/mol. The molecule has 1 aromatic carbocycles. The van der Waals surface area contributed by atoms with E-state index in [1.54, 1.807) is 4.90 Å². The van der Waals surface area contributed by atoms with Gasteiger partial charge in [-0.05, 0) is 37.6 Å². The Morgan fingerprint density at radius 2 is 2.26 bits per heavy atom. The van der Waals surface area contributed by atoms with Crippen LogP contribution in [-0.4, -0.2) is 42.1 Å². The Balaban J connectivity index is 2.14. The third-order valence-electron chi connectivity index (χ3n) is 3.75. The van der Waals surface area contributed by atoms with Crippen molar-refractivity contribution in [2.24, 2.45) is 5.92 Å². The molecule has 1 aliphatic rings. The van der Waals surface area contributed by atoms with Crippen LogP contribution in [0.2, 0.25) is 0 Å². The molecular formula is C14H19FN2O2. The molecule has 19 heavy (non-hydrogen) atoms. The molecular weight excluding hydrogens is 247 g/mol. The molecule has 1 fully saturated rings. The third kappa shape index (κ3) is 2.87. The Labute approximate surface area is 112 Å². The van der Waals surface area contributed by atoms with Gasteiger partial charge in [-0.3, -0.25) is 4.79 Å². The Morgan fingerprint density at radius 1 is 1.53 bits per heavy atom. The fourth-order valence-corrected chi connectivity index (χ4v) is 2.61. The molecule has 104 valence electrons. The Bertz CT molecular complexity index is 479. The number of phenols is 1. The number of piperidine rings is 1. The maximum atomic E-state index is 13.2. The van der Waals surface area contributed by atoms with Crippen molar-refractivity contribution in [1.29, 1.82) is 0 Å². The summed E-state index contributed by atoms with van der Waals surface area (Å²) < 4.78 is 13.2. The summed E-state index contributed by atoms with van der Waals surface area (Å²) >= 11 is 0. The van der Waals surface area contributed by atoms with Crippen LogP contribution < -0.4 is 5.32 Å². The highest BCUT2D eigenvalue weighted by atomic mass is 19.1. The van der Waals surface area contributed by atoms with E-state index in [0.717, 1.165) is 18.6 Å². The zero-order valence-electron chi connectivity index (χ0n) is 11.2. The second-order valence-electron chi connectivity index (χ2n) is 5.07. The molecule has 1 aromatic rings. The number of hydrogen-bond donors (Lipinski definition) is 2. The van der Waals surface area contributed by atoms with E-state index in [9.17, 15) is 14.3 Å². The lowest BCUT2D eigenvalue weighted by atomic mass is 9.93. The van der Waals surface area contributed by atoms with Crippen molar-refractivity contribution in [2.45, 2.75) is 19.4 Å². The number of hydrogen-bond acceptors (Lipinski definition) is 3. The fraction of sp³-hybridized carbons (Fsp3) is 0.500. The predicted molar refractivity (Wildman–Crippen MR) is 70.6 cm³/mol. The van der Waals surface area contributed by atoms with Crippen molar-refractivity contribution in [3.8, 4) is 5.75 Å². The average Bonchev–Trinajstić information content (AvgIpc) is 2.40. The predicted octanol–water partition coefficient (Wildman–Crippen LogP) is 1.60. The number of rotatable bonds is 2. The molecule has 0 spiro atoms. The lowest BCUT2D eigenvalue weighted by Gasteiger charge is -2.36. The van der Waals surface area contributed by atoms with E-state index in [2.05, 4.69) is 12.2 Å². The van der Waals surface area contributed by atoms with Crippen LogP contribution in [0, 0.1) is 11.7 Å². The molecule has 0 aromatic heterocycles. The summed E-state index contributed by atoms with van der Waals surface area (Å²) in [6, 6.07) is 3.84. The Hall–Kier alpha value is -1.62. The third-order valence-corrected chi connectivity index (χ3v) is 3.75. The van der Waals surface area contributed by atoms with Crippen LogP contribution in [0.5, 0.6) is 5.75 Å². The number of phenolic OH excluding ortho intramolecular Hbond substituents is 1. The number of halogens is 1. The molecule has 2 unspecified atom stereocenters. The summed E-state index contributed by atoms with van der Waals surface area (Å²) in [6.07, 6.45) is 0.861. The van der Waals surface area contributed by atoms with Gasteiger partial charge in [-0.1, -0.05) is 6.92 Å².